The van der Waals surface area contributed by atoms with Crippen molar-refractivity contribution in [2.75, 3.05) is 0 Å². The number of rotatable bonds is 4. The standard InChI is InChI=1S/C23H23NO/c1-2-19-15-21-22(13-8-14-23(21)25)24(19)16-18-11-6-7-12-20(18)17-9-4-3-5-10-17/h3-7,9-12,15H,2,8,13-14,16H2,1H3. The van der Waals surface area contributed by atoms with Crippen LogP contribution in [0.25, 0.3) is 11.1 Å². The molecule has 1 aliphatic carbocycles. The quantitative estimate of drug-likeness (QED) is 0.638. The van der Waals surface area contributed by atoms with Crippen LogP contribution in [0.3, 0.4) is 0 Å². The highest BCUT2D eigenvalue weighted by Gasteiger charge is 2.23. The molecule has 1 aromatic heterocycles. The van der Waals surface area contributed by atoms with E-state index in [0.717, 1.165) is 31.4 Å². The SMILES string of the molecule is CCc1cc2c(n1Cc1ccccc1-c1ccccc1)CCCC2=O. The topological polar surface area (TPSA) is 22.0 Å². The third-order valence-electron chi connectivity index (χ3n) is 5.21. The number of hydrogen-bond donors (Lipinski definition) is 0. The minimum absolute atomic E-state index is 0.311. The molecule has 0 unspecified atom stereocenters. The van der Waals surface area contributed by atoms with Crippen LogP contribution >= 0.6 is 0 Å². The molecule has 0 saturated carbocycles. The molecule has 0 radical (unpaired) electrons. The number of ketones is 1. The number of nitrogens with zero attached hydrogens (tertiary/aromatic N) is 1. The van der Waals surface area contributed by atoms with E-state index in [2.05, 4.69) is 72.2 Å². The van der Waals surface area contributed by atoms with Gasteiger partial charge in [0.25, 0.3) is 0 Å². The fourth-order valence-corrected chi connectivity index (χ4v) is 3.93. The van der Waals surface area contributed by atoms with Crippen molar-refractivity contribution < 1.29 is 4.79 Å². The predicted octanol–water partition coefficient (Wildman–Crippen LogP) is 5.28. The van der Waals surface area contributed by atoms with Gasteiger partial charge in [0.1, 0.15) is 0 Å². The molecule has 2 nitrogen and oxygen atoms in total. The van der Waals surface area contributed by atoms with Gasteiger partial charge in [0.05, 0.1) is 0 Å². The zero-order chi connectivity index (χ0) is 17.2. The van der Waals surface area contributed by atoms with Crippen LogP contribution in [0.5, 0.6) is 0 Å². The fraction of sp³-hybridized carbons (Fsp3) is 0.261. The molecule has 2 heteroatoms. The van der Waals surface area contributed by atoms with Gasteiger partial charge in [0, 0.05) is 29.9 Å². The molecular formula is C23H23NO. The van der Waals surface area contributed by atoms with Gasteiger partial charge < -0.3 is 4.57 Å². The number of aryl methyl sites for hydroxylation is 1. The monoisotopic (exact) mass is 329 g/mol. The van der Waals surface area contributed by atoms with E-state index in [9.17, 15) is 4.79 Å². The summed E-state index contributed by atoms with van der Waals surface area (Å²) in [6.45, 7) is 3.00. The number of carbonyl (C=O) groups is 1. The number of aromatic nitrogens is 1. The average molecular weight is 329 g/mol. The lowest BCUT2D eigenvalue weighted by Gasteiger charge is -2.18. The first-order chi connectivity index (χ1) is 12.3. The second kappa shape index (κ2) is 6.72. The Bertz CT molecular complexity index is 905. The maximum atomic E-state index is 12.3. The van der Waals surface area contributed by atoms with E-state index in [1.54, 1.807) is 0 Å². The summed E-state index contributed by atoms with van der Waals surface area (Å²) in [5.41, 5.74) is 7.28. The summed E-state index contributed by atoms with van der Waals surface area (Å²) >= 11 is 0. The van der Waals surface area contributed by atoms with Gasteiger partial charge >= 0.3 is 0 Å². The number of benzene rings is 2. The van der Waals surface area contributed by atoms with E-state index in [1.807, 2.05) is 0 Å². The highest BCUT2D eigenvalue weighted by Crippen LogP contribution is 2.29. The number of hydrogen-bond acceptors (Lipinski definition) is 1. The number of Topliss-reactive ketones (excluding diaryl/α,β-unsaturated/α-hetero) is 1. The van der Waals surface area contributed by atoms with Crippen LogP contribution < -0.4 is 0 Å². The molecule has 4 rings (SSSR count). The van der Waals surface area contributed by atoms with Crippen LogP contribution in [0.15, 0.2) is 60.7 Å². The average Bonchev–Trinajstić information content (AvgIpc) is 3.02. The van der Waals surface area contributed by atoms with Gasteiger partial charge in [-0.3, -0.25) is 4.79 Å². The Morgan fingerprint density at radius 3 is 2.48 bits per heavy atom. The molecule has 0 bridgehead atoms. The molecule has 0 atom stereocenters. The van der Waals surface area contributed by atoms with Gasteiger partial charge in [0.15, 0.2) is 5.78 Å². The zero-order valence-corrected chi connectivity index (χ0v) is 14.7. The fourth-order valence-electron chi connectivity index (χ4n) is 3.93. The highest BCUT2D eigenvalue weighted by molar-refractivity contribution is 5.98. The molecule has 0 N–H and O–H groups in total. The first-order valence-corrected chi connectivity index (χ1v) is 9.15. The molecule has 1 heterocycles. The van der Waals surface area contributed by atoms with Gasteiger partial charge in [-0.1, -0.05) is 61.5 Å². The lowest BCUT2D eigenvalue weighted by molar-refractivity contribution is 0.0972. The van der Waals surface area contributed by atoms with Crippen molar-refractivity contribution in [1.82, 2.24) is 4.57 Å². The summed E-state index contributed by atoms with van der Waals surface area (Å²) in [5.74, 6) is 0.311. The molecule has 1 aliphatic rings. The summed E-state index contributed by atoms with van der Waals surface area (Å²) in [7, 11) is 0. The van der Waals surface area contributed by atoms with Crippen molar-refractivity contribution in [3.8, 4) is 11.1 Å². The Morgan fingerprint density at radius 1 is 0.920 bits per heavy atom. The van der Waals surface area contributed by atoms with Gasteiger partial charge in [0.2, 0.25) is 0 Å². The largest absolute Gasteiger partial charge is 0.343 e. The lowest BCUT2D eigenvalue weighted by Crippen LogP contribution is -2.15. The third kappa shape index (κ3) is 2.93. The second-order valence-electron chi connectivity index (χ2n) is 6.74. The van der Waals surface area contributed by atoms with Crippen LogP contribution in [0.1, 0.15) is 47.1 Å². The van der Waals surface area contributed by atoms with E-state index in [-0.39, 0.29) is 0 Å². The van der Waals surface area contributed by atoms with Gasteiger partial charge in [-0.2, -0.15) is 0 Å². The first kappa shape index (κ1) is 15.9. The van der Waals surface area contributed by atoms with Gasteiger partial charge in [-0.15, -0.1) is 0 Å². The van der Waals surface area contributed by atoms with Crippen LogP contribution in [0.2, 0.25) is 0 Å². The maximum absolute atomic E-state index is 12.3. The highest BCUT2D eigenvalue weighted by atomic mass is 16.1. The van der Waals surface area contributed by atoms with E-state index in [0.29, 0.717) is 12.2 Å². The Labute approximate surface area is 149 Å². The van der Waals surface area contributed by atoms with Crippen molar-refractivity contribution in [2.45, 2.75) is 39.2 Å². The van der Waals surface area contributed by atoms with Crippen molar-refractivity contribution in [3.63, 3.8) is 0 Å². The molecule has 0 fully saturated rings. The minimum Gasteiger partial charge on any atom is -0.343 e. The maximum Gasteiger partial charge on any atom is 0.164 e. The van der Waals surface area contributed by atoms with Crippen molar-refractivity contribution >= 4 is 5.78 Å². The van der Waals surface area contributed by atoms with E-state index in [4.69, 9.17) is 0 Å². The summed E-state index contributed by atoms with van der Waals surface area (Å²) in [4.78, 5) is 12.3. The molecular weight excluding hydrogens is 306 g/mol. The first-order valence-electron chi connectivity index (χ1n) is 9.15. The molecule has 0 aliphatic heterocycles. The molecule has 0 amide bonds. The molecule has 0 spiro atoms. The van der Waals surface area contributed by atoms with Crippen LogP contribution in [-0.4, -0.2) is 10.4 Å². The number of fused-ring (bicyclic) bond motifs is 1. The summed E-state index contributed by atoms with van der Waals surface area (Å²) in [5, 5.41) is 0. The van der Waals surface area contributed by atoms with Gasteiger partial charge in [-0.25, -0.2) is 0 Å². The Morgan fingerprint density at radius 2 is 1.68 bits per heavy atom. The minimum atomic E-state index is 0.311. The Hall–Kier alpha value is -2.61. The summed E-state index contributed by atoms with van der Waals surface area (Å²) in [6, 6.07) is 21.3. The summed E-state index contributed by atoms with van der Waals surface area (Å²) in [6.07, 6.45) is 3.63. The molecule has 0 saturated heterocycles. The molecule has 2 aromatic carbocycles. The van der Waals surface area contributed by atoms with E-state index in [1.165, 1.54) is 28.1 Å². The van der Waals surface area contributed by atoms with E-state index >= 15 is 0 Å². The summed E-state index contributed by atoms with van der Waals surface area (Å²) < 4.78 is 2.38. The van der Waals surface area contributed by atoms with Crippen molar-refractivity contribution in [2.24, 2.45) is 0 Å². The molecule has 126 valence electrons. The van der Waals surface area contributed by atoms with Gasteiger partial charge in [-0.05, 0) is 42.0 Å². The predicted molar refractivity (Wildman–Crippen MR) is 102 cm³/mol. The second-order valence-corrected chi connectivity index (χ2v) is 6.74. The van der Waals surface area contributed by atoms with Crippen molar-refractivity contribution in [3.05, 3.63) is 83.2 Å². The third-order valence-corrected chi connectivity index (χ3v) is 5.21. The Kier molecular flexibility index (Phi) is 4.27. The normalized spacial score (nSPS) is 13.7. The van der Waals surface area contributed by atoms with Crippen LogP contribution in [0, 0.1) is 0 Å². The molecule has 3 aromatic rings. The smallest absolute Gasteiger partial charge is 0.164 e. The van der Waals surface area contributed by atoms with E-state index < -0.39 is 0 Å². The van der Waals surface area contributed by atoms with Crippen molar-refractivity contribution in [1.29, 1.82) is 0 Å². The Balaban J connectivity index is 1.79. The molecule has 25 heavy (non-hydrogen) atoms. The van der Waals surface area contributed by atoms with Crippen LogP contribution in [-0.2, 0) is 19.4 Å². The zero-order valence-electron chi connectivity index (χ0n) is 14.7. The van der Waals surface area contributed by atoms with Crippen LogP contribution in [0.4, 0.5) is 0 Å². The number of carbonyl (C=O) groups excluding carboxylic acids is 1. The lowest BCUT2D eigenvalue weighted by atomic mass is 9.96.